The summed E-state index contributed by atoms with van der Waals surface area (Å²) < 4.78 is 0. The Labute approximate surface area is 113 Å². The second-order valence-corrected chi connectivity index (χ2v) is 7.04. The molecule has 2 nitrogen and oxygen atoms in total. The molecule has 2 fully saturated rings. The molecule has 1 aliphatic heterocycles. The van der Waals surface area contributed by atoms with E-state index in [1.165, 1.54) is 58.0 Å². The van der Waals surface area contributed by atoms with E-state index in [1.54, 1.807) is 0 Å². The Morgan fingerprint density at radius 3 is 2.61 bits per heavy atom. The van der Waals surface area contributed by atoms with Crippen LogP contribution in [0, 0.1) is 11.3 Å². The minimum absolute atomic E-state index is 0.644. The highest BCUT2D eigenvalue weighted by molar-refractivity contribution is 4.97. The van der Waals surface area contributed by atoms with Crippen LogP contribution in [-0.2, 0) is 0 Å². The maximum atomic E-state index is 3.79. The summed E-state index contributed by atoms with van der Waals surface area (Å²) in [5.74, 6) is 0.841. The van der Waals surface area contributed by atoms with Gasteiger partial charge in [-0.05, 0) is 56.9 Å². The van der Waals surface area contributed by atoms with Gasteiger partial charge in [0.1, 0.15) is 0 Å². The van der Waals surface area contributed by atoms with Crippen molar-refractivity contribution in [2.45, 2.75) is 77.8 Å². The molecule has 1 saturated heterocycles. The normalized spacial score (nSPS) is 29.0. The quantitative estimate of drug-likeness (QED) is 0.758. The van der Waals surface area contributed by atoms with Crippen molar-refractivity contribution >= 4 is 0 Å². The second kappa shape index (κ2) is 6.38. The Morgan fingerprint density at radius 2 is 1.94 bits per heavy atom. The van der Waals surface area contributed by atoms with Gasteiger partial charge in [0.2, 0.25) is 0 Å². The Balaban J connectivity index is 1.66. The summed E-state index contributed by atoms with van der Waals surface area (Å²) in [6.45, 7) is 9.59. The molecule has 18 heavy (non-hydrogen) atoms. The Morgan fingerprint density at radius 1 is 1.17 bits per heavy atom. The van der Waals surface area contributed by atoms with Crippen molar-refractivity contribution in [2.24, 2.45) is 11.3 Å². The van der Waals surface area contributed by atoms with Crippen molar-refractivity contribution in [3.63, 3.8) is 0 Å². The van der Waals surface area contributed by atoms with Gasteiger partial charge in [0, 0.05) is 18.6 Å². The first-order chi connectivity index (χ1) is 8.62. The number of nitrogens with one attached hydrogen (secondary N) is 2. The van der Waals surface area contributed by atoms with Gasteiger partial charge in [-0.1, -0.05) is 26.7 Å². The average molecular weight is 252 g/mol. The molecule has 2 N–H and O–H groups in total. The highest BCUT2D eigenvalue weighted by Gasteiger charge is 2.44. The molecule has 0 amide bonds. The van der Waals surface area contributed by atoms with Gasteiger partial charge >= 0.3 is 0 Å². The van der Waals surface area contributed by atoms with Crippen molar-refractivity contribution in [3.05, 3.63) is 0 Å². The van der Waals surface area contributed by atoms with Crippen LogP contribution in [-0.4, -0.2) is 25.2 Å². The van der Waals surface area contributed by atoms with Crippen LogP contribution in [0.25, 0.3) is 0 Å². The first kappa shape index (κ1) is 14.3. The van der Waals surface area contributed by atoms with Crippen LogP contribution in [0.2, 0.25) is 0 Å². The van der Waals surface area contributed by atoms with E-state index in [0.717, 1.165) is 12.0 Å². The molecule has 2 aliphatic rings. The summed E-state index contributed by atoms with van der Waals surface area (Å²) in [5, 5.41) is 7.50. The number of rotatable bonds is 6. The molecular weight excluding hydrogens is 220 g/mol. The van der Waals surface area contributed by atoms with Crippen LogP contribution in [0.1, 0.15) is 65.7 Å². The minimum Gasteiger partial charge on any atom is -0.314 e. The predicted molar refractivity (Wildman–Crippen MR) is 78.8 cm³/mol. The van der Waals surface area contributed by atoms with Crippen molar-refractivity contribution in [1.82, 2.24) is 10.6 Å². The molecule has 2 unspecified atom stereocenters. The van der Waals surface area contributed by atoms with Gasteiger partial charge in [0.25, 0.3) is 0 Å². The fraction of sp³-hybridized carbons (Fsp3) is 1.00. The maximum Gasteiger partial charge on any atom is 0.00817 e. The average Bonchev–Trinajstić information content (AvgIpc) is 3.12. The Bertz CT molecular complexity index is 237. The molecule has 106 valence electrons. The zero-order chi connectivity index (χ0) is 13.0. The third-order valence-electron chi connectivity index (χ3n) is 5.22. The van der Waals surface area contributed by atoms with E-state index in [9.17, 15) is 0 Å². The molecule has 2 rings (SSSR count). The van der Waals surface area contributed by atoms with E-state index in [-0.39, 0.29) is 0 Å². The molecule has 0 spiro atoms. The van der Waals surface area contributed by atoms with E-state index >= 15 is 0 Å². The lowest BCUT2D eigenvalue weighted by atomic mass is 9.92. The van der Waals surface area contributed by atoms with Gasteiger partial charge in [-0.2, -0.15) is 0 Å². The summed E-state index contributed by atoms with van der Waals surface area (Å²) in [6, 6.07) is 1.42. The second-order valence-electron chi connectivity index (χ2n) is 7.04. The van der Waals surface area contributed by atoms with Crippen LogP contribution in [0.4, 0.5) is 0 Å². The molecule has 0 bridgehead atoms. The molecule has 2 heteroatoms. The third kappa shape index (κ3) is 3.96. The van der Waals surface area contributed by atoms with Crippen molar-refractivity contribution in [2.75, 3.05) is 13.1 Å². The van der Waals surface area contributed by atoms with Gasteiger partial charge in [0.05, 0.1) is 0 Å². The largest absolute Gasteiger partial charge is 0.314 e. The molecule has 1 heterocycles. The van der Waals surface area contributed by atoms with Gasteiger partial charge < -0.3 is 10.6 Å². The third-order valence-corrected chi connectivity index (χ3v) is 5.22. The van der Waals surface area contributed by atoms with Crippen LogP contribution in [0.15, 0.2) is 0 Å². The summed E-state index contributed by atoms with van der Waals surface area (Å²) in [6.07, 6.45) is 9.75. The van der Waals surface area contributed by atoms with Crippen LogP contribution >= 0.6 is 0 Å². The standard InChI is InChI=1S/C16H32N2/c1-13(2)16(8-9-16)12-18-14(3)11-15-7-5-4-6-10-17-15/h13-15,17-18H,4-12H2,1-3H3. The lowest BCUT2D eigenvalue weighted by Gasteiger charge is -2.26. The van der Waals surface area contributed by atoms with Crippen molar-refractivity contribution in [1.29, 1.82) is 0 Å². The monoisotopic (exact) mass is 252 g/mol. The molecule has 0 aromatic heterocycles. The zero-order valence-electron chi connectivity index (χ0n) is 12.6. The molecule has 0 aromatic rings. The summed E-state index contributed by atoms with van der Waals surface area (Å²) in [5.41, 5.74) is 0.644. The van der Waals surface area contributed by atoms with Gasteiger partial charge in [-0.15, -0.1) is 0 Å². The fourth-order valence-corrected chi connectivity index (χ4v) is 3.31. The van der Waals surface area contributed by atoms with Crippen molar-refractivity contribution < 1.29 is 0 Å². The van der Waals surface area contributed by atoms with Crippen LogP contribution in [0.3, 0.4) is 0 Å². The molecule has 2 atom stereocenters. The van der Waals surface area contributed by atoms with Crippen LogP contribution < -0.4 is 10.6 Å². The summed E-state index contributed by atoms with van der Waals surface area (Å²) in [4.78, 5) is 0. The van der Waals surface area contributed by atoms with E-state index in [1.807, 2.05) is 0 Å². The lowest BCUT2D eigenvalue weighted by molar-refractivity contribution is 0.308. The van der Waals surface area contributed by atoms with Crippen molar-refractivity contribution in [3.8, 4) is 0 Å². The molecular formula is C16H32N2. The lowest BCUT2D eigenvalue weighted by Crippen LogP contribution is -2.39. The number of hydrogen-bond donors (Lipinski definition) is 2. The molecule has 0 radical (unpaired) electrons. The number of hydrogen-bond acceptors (Lipinski definition) is 2. The SMILES string of the molecule is CC(CC1CCCCCN1)NCC1(C(C)C)CC1. The van der Waals surface area contributed by atoms with Gasteiger partial charge in [0.15, 0.2) is 0 Å². The fourth-order valence-electron chi connectivity index (χ4n) is 3.31. The first-order valence-electron chi connectivity index (χ1n) is 8.09. The summed E-state index contributed by atoms with van der Waals surface area (Å²) >= 11 is 0. The molecule has 1 saturated carbocycles. The van der Waals surface area contributed by atoms with Gasteiger partial charge in [-0.3, -0.25) is 0 Å². The van der Waals surface area contributed by atoms with E-state index < -0.39 is 0 Å². The molecule has 1 aliphatic carbocycles. The smallest absolute Gasteiger partial charge is 0.00817 e. The summed E-state index contributed by atoms with van der Waals surface area (Å²) in [7, 11) is 0. The predicted octanol–water partition coefficient (Wildman–Crippen LogP) is 3.32. The van der Waals surface area contributed by atoms with Gasteiger partial charge in [-0.25, -0.2) is 0 Å². The van der Waals surface area contributed by atoms with E-state index in [0.29, 0.717) is 11.5 Å². The maximum absolute atomic E-state index is 3.79. The van der Waals surface area contributed by atoms with E-state index in [2.05, 4.69) is 31.4 Å². The topological polar surface area (TPSA) is 24.1 Å². The highest BCUT2D eigenvalue weighted by Crippen LogP contribution is 2.51. The first-order valence-corrected chi connectivity index (χ1v) is 8.09. The van der Waals surface area contributed by atoms with Crippen LogP contribution in [0.5, 0.6) is 0 Å². The Hall–Kier alpha value is -0.0800. The molecule has 0 aromatic carbocycles. The Kier molecular flexibility index (Phi) is 5.08. The zero-order valence-corrected chi connectivity index (χ0v) is 12.6. The minimum atomic E-state index is 0.644. The van der Waals surface area contributed by atoms with E-state index in [4.69, 9.17) is 0 Å². The highest BCUT2D eigenvalue weighted by atomic mass is 15.0.